The zero-order valence-electron chi connectivity index (χ0n) is 11.8. The minimum absolute atomic E-state index is 0.0553. The fraction of sp³-hybridized carbons (Fsp3) is 0.562. The molecule has 4 heteroatoms. The number of ketones is 1. The third kappa shape index (κ3) is 3.80. The van der Waals surface area contributed by atoms with Crippen LogP contribution in [0, 0.1) is 5.82 Å². The Kier molecular flexibility index (Phi) is 5.17. The molecule has 0 heterocycles. The van der Waals surface area contributed by atoms with E-state index in [0.29, 0.717) is 12.0 Å². The molecule has 1 aliphatic rings. The van der Waals surface area contributed by atoms with E-state index in [1.807, 2.05) is 7.05 Å². The van der Waals surface area contributed by atoms with Crippen LogP contribution in [0.4, 0.5) is 4.39 Å². The molecule has 1 aromatic carbocycles. The summed E-state index contributed by atoms with van der Waals surface area (Å²) in [7, 11) is 1.93. The first kappa shape index (κ1) is 15.5. The van der Waals surface area contributed by atoms with Gasteiger partial charge in [0.25, 0.3) is 0 Å². The van der Waals surface area contributed by atoms with E-state index in [2.05, 4.69) is 5.32 Å². The molecule has 2 nitrogen and oxygen atoms in total. The number of rotatable bonds is 5. The minimum atomic E-state index is -0.460. The van der Waals surface area contributed by atoms with E-state index < -0.39 is 5.82 Å². The summed E-state index contributed by atoms with van der Waals surface area (Å²) in [4.78, 5) is 12.2. The lowest BCUT2D eigenvalue weighted by molar-refractivity contribution is -0.120. The van der Waals surface area contributed by atoms with Gasteiger partial charge in [0.15, 0.2) is 0 Å². The summed E-state index contributed by atoms with van der Waals surface area (Å²) in [6, 6.07) is 4.58. The van der Waals surface area contributed by atoms with Crippen LogP contribution >= 0.6 is 11.6 Å². The van der Waals surface area contributed by atoms with E-state index in [4.69, 9.17) is 11.6 Å². The van der Waals surface area contributed by atoms with Crippen LogP contribution in [0.1, 0.15) is 44.1 Å². The van der Waals surface area contributed by atoms with E-state index in [-0.39, 0.29) is 22.8 Å². The Morgan fingerprint density at radius 1 is 1.35 bits per heavy atom. The van der Waals surface area contributed by atoms with Gasteiger partial charge in [-0.2, -0.15) is 0 Å². The van der Waals surface area contributed by atoms with Crippen molar-refractivity contribution in [3.63, 3.8) is 0 Å². The molecule has 0 aromatic heterocycles. The lowest BCUT2D eigenvalue weighted by Gasteiger charge is -2.36. The van der Waals surface area contributed by atoms with Crippen LogP contribution in [0.3, 0.4) is 0 Å². The Hall–Kier alpha value is -0.930. The van der Waals surface area contributed by atoms with Gasteiger partial charge in [-0.05, 0) is 37.6 Å². The van der Waals surface area contributed by atoms with Gasteiger partial charge in [0, 0.05) is 18.4 Å². The van der Waals surface area contributed by atoms with Gasteiger partial charge in [-0.25, -0.2) is 4.39 Å². The van der Waals surface area contributed by atoms with E-state index >= 15 is 0 Å². The Bertz CT molecular complexity index is 483. The lowest BCUT2D eigenvalue weighted by Crippen LogP contribution is -2.46. The molecular weight excluding hydrogens is 277 g/mol. The molecule has 20 heavy (non-hydrogen) atoms. The number of Topliss-reactive ketones (excluding diaryl/α,β-unsaturated/α-hetero) is 1. The Morgan fingerprint density at radius 3 is 2.65 bits per heavy atom. The lowest BCUT2D eigenvalue weighted by atomic mass is 9.78. The fourth-order valence-corrected chi connectivity index (χ4v) is 3.18. The SMILES string of the molecule is CNC1(CC(=O)Cc2ccc(Cl)c(F)c2)CCCCC1. The van der Waals surface area contributed by atoms with Crippen molar-refractivity contribution in [3.8, 4) is 0 Å². The van der Waals surface area contributed by atoms with Crippen molar-refractivity contribution in [2.24, 2.45) is 0 Å². The molecule has 1 fully saturated rings. The van der Waals surface area contributed by atoms with E-state index in [0.717, 1.165) is 12.8 Å². The second kappa shape index (κ2) is 6.68. The molecule has 0 amide bonds. The number of nitrogens with one attached hydrogen (secondary N) is 1. The highest BCUT2D eigenvalue weighted by atomic mass is 35.5. The predicted molar refractivity (Wildman–Crippen MR) is 79.6 cm³/mol. The third-order valence-electron chi connectivity index (χ3n) is 4.26. The fourth-order valence-electron chi connectivity index (χ4n) is 3.06. The standard InChI is InChI=1S/C16H21ClFNO/c1-19-16(7-3-2-4-8-16)11-13(20)9-12-5-6-14(17)15(18)10-12/h5-6,10,19H,2-4,7-9,11H2,1H3. The molecule has 110 valence electrons. The van der Waals surface area contributed by atoms with Crippen molar-refractivity contribution < 1.29 is 9.18 Å². The maximum absolute atomic E-state index is 13.4. The molecule has 0 aliphatic heterocycles. The Morgan fingerprint density at radius 2 is 2.05 bits per heavy atom. The number of hydrogen-bond donors (Lipinski definition) is 1. The van der Waals surface area contributed by atoms with E-state index in [1.54, 1.807) is 6.07 Å². The molecule has 0 atom stereocenters. The van der Waals surface area contributed by atoms with Crippen LogP contribution in [-0.4, -0.2) is 18.4 Å². The summed E-state index contributed by atoms with van der Waals surface area (Å²) in [5.74, 6) is -0.305. The van der Waals surface area contributed by atoms with Crippen LogP contribution in [0.25, 0.3) is 0 Å². The highest BCUT2D eigenvalue weighted by molar-refractivity contribution is 6.30. The molecule has 1 aliphatic carbocycles. The highest BCUT2D eigenvalue weighted by Crippen LogP contribution is 2.31. The van der Waals surface area contributed by atoms with E-state index in [1.165, 1.54) is 31.4 Å². The van der Waals surface area contributed by atoms with Crippen molar-refractivity contribution in [2.75, 3.05) is 7.05 Å². The van der Waals surface area contributed by atoms with Gasteiger partial charge in [-0.15, -0.1) is 0 Å². The topological polar surface area (TPSA) is 29.1 Å². The smallest absolute Gasteiger partial charge is 0.142 e. The molecule has 0 saturated heterocycles. The number of carbonyl (C=O) groups excluding carboxylic acids is 1. The largest absolute Gasteiger partial charge is 0.314 e. The van der Waals surface area contributed by atoms with Gasteiger partial charge >= 0.3 is 0 Å². The van der Waals surface area contributed by atoms with Gasteiger partial charge < -0.3 is 5.32 Å². The number of carbonyl (C=O) groups is 1. The normalized spacial score (nSPS) is 17.9. The van der Waals surface area contributed by atoms with Crippen molar-refractivity contribution in [2.45, 2.75) is 50.5 Å². The summed E-state index contributed by atoms with van der Waals surface area (Å²) >= 11 is 5.65. The molecule has 0 bridgehead atoms. The third-order valence-corrected chi connectivity index (χ3v) is 4.57. The second-order valence-electron chi connectivity index (χ2n) is 5.73. The maximum atomic E-state index is 13.4. The van der Waals surface area contributed by atoms with Crippen molar-refractivity contribution >= 4 is 17.4 Å². The molecule has 0 radical (unpaired) electrons. The van der Waals surface area contributed by atoms with Gasteiger partial charge in [0.1, 0.15) is 11.6 Å². The molecule has 0 spiro atoms. The average molecular weight is 298 g/mol. The molecule has 2 rings (SSSR count). The van der Waals surface area contributed by atoms with Crippen molar-refractivity contribution in [3.05, 3.63) is 34.6 Å². The number of hydrogen-bond acceptors (Lipinski definition) is 2. The van der Waals surface area contributed by atoms with Crippen LogP contribution in [0.2, 0.25) is 5.02 Å². The van der Waals surface area contributed by atoms with Gasteiger partial charge in [0.2, 0.25) is 0 Å². The van der Waals surface area contributed by atoms with Crippen LogP contribution in [-0.2, 0) is 11.2 Å². The summed E-state index contributed by atoms with van der Waals surface area (Å²) in [5, 5.41) is 3.44. The Balaban J connectivity index is 1.98. The maximum Gasteiger partial charge on any atom is 0.142 e. The molecule has 1 aromatic rings. The van der Waals surface area contributed by atoms with Crippen LogP contribution < -0.4 is 5.32 Å². The highest BCUT2D eigenvalue weighted by Gasteiger charge is 2.32. The summed E-state index contributed by atoms with van der Waals surface area (Å²) in [5.41, 5.74) is 0.638. The minimum Gasteiger partial charge on any atom is -0.314 e. The predicted octanol–water partition coefficient (Wildman–Crippen LogP) is 3.90. The zero-order valence-corrected chi connectivity index (χ0v) is 12.6. The molecule has 1 saturated carbocycles. The average Bonchev–Trinajstić information content (AvgIpc) is 2.44. The monoisotopic (exact) mass is 297 g/mol. The first-order valence-corrected chi connectivity index (χ1v) is 7.57. The van der Waals surface area contributed by atoms with Gasteiger partial charge in [-0.3, -0.25) is 4.79 Å². The summed E-state index contributed by atoms with van der Waals surface area (Å²) in [6.45, 7) is 0. The van der Waals surface area contributed by atoms with Crippen LogP contribution in [0.15, 0.2) is 18.2 Å². The number of benzene rings is 1. The quantitative estimate of drug-likeness (QED) is 0.893. The first-order valence-electron chi connectivity index (χ1n) is 7.19. The summed E-state index contributed by atoms with van der Waals surface area (Å²) < 4.78 is 13.4. The molecule has 0 unspecified atom stereocenters. The van der Waals surface area contributed by atoms with Crippen LogP contribution in [0.5, 0.6) is 0 Å². The zero-order chi connectivity index (χ0) is 14.6. The summed E-state index contributed by atoms with van der Waals surface area (Å²) in [6.07, 6.45) is 6.48. The second-order valence-corrected chi connectivity index (χ2v) is 6.14. The number of halogens is 2. The van der Waals surface area contributed by atoms with E-state index in [9.17, 15) is 9.18 Å². The Labute approximate surface area is 124 Å². The van der Waals surface area contributed by atoms with Gasteiger partial charge in [-0.1, -0.05) is 36.9 Å². The molecule has 1 N–H and O–H groups in total. The van der Waals surface area contributed by atoms with Crippen molar-refractivity contribution in [1.29, 1.82) is 0 Å². The first-order chi connectivity index (χ1) is 9.54. The molecular formula is C16H21ClFNO. The van der Waals surface area contributed by atoms with Gasteiger partial charge in [0.05, 0.1) is 5.02 Å². The van der Waals surface area contributed by atoms with Crippen molar-refractivity contribution in [1.82, 2.24) is 5.32 Å².